The fourth-order valence-electron chi connectivity index (χ4n) is 2.32. The highest BCUT2D eigenvalue weighted by Gasteiger charge is 2.10. The number of aryl methyl sites for hydroxylation is 2. The van der Waals surface area contributed by atoms with E-state index in [4.69, 9.17) is 23.2 Å². The second-order valence-electron chi connectivity index (χ2n) is 4.57. The Labute approximate surface area is 126 Å². The fraction of sp³-hybridized carbons (Fsp3) is 0.286. The highest BCUT2D eigenvalue weighted by molar-refractivity contribution is 6.31. The Balaban J connectivity index is 1.83. The minimum absolute atomic E-state index is 0.397. The molecule has 2 aromatic heterocycles. The van der Waals surface area contributed by atoms with Gasteiger partial charge in [-0.05, 0) is 30.7 Å². The van der Waals surface area contributed by atoms with Crippen LogP contribution >= 0.6 is 23.2 Å². The van der Waals surface area contributed by atoms with Gasteiger partial charge in [0.25, 0.3) is 0 Å². The maximum Gasteiger partial charge on any atom is 0.124 e. The van der Waals surface area contributed by atoms with Gasteiger partial charge in [0.1, 0.15) is 5.82 Å². The van der Waals surface area contributed by atoms with Crippen LogP contribution in [0.15, 0.2) is 36.7 Å². The van der Waals surface area contributed by atoms with Crippen LogP contribution in [-0.2, 0) is 19.0 Å². The van der Waals surface area contributed by atoms with Crippen molar-refractivity contribution in [3.05, 3.63) is 47.5 Å². The van der Waals surface area contributed by atoms with Gasteiger partial charge in [0.2, 0.25) is 0 Å². The molecule has 0 unspecified atom stereocenters. The van der Waals surface area contributed by atoms with E-state index in [0.717, 1.165) is 36.4 Å². The normalized spacial score (nSPS) is 11.3. The minimum Gasteiger partial charge on any atom is -0.327 e. The molecule has 0 spiro atoms. The average molecular weight is 309 g/mol. The maximum absolute atomic E-state index is 6.07. The van der Waals surface area contributed by atoms with Crippen molar-refractivity contribution in [2.75, 3.05) is 0 Å². The molecule has 4 nitrogen and oxygen atoms in total. The molecular formula is C14H14Cl2N4. The zero-order valence-electron chi connectivity index (χ0n) is 10.8. The van der Waals surface area contributed by atoms with E-state index in [0.29, 0.717) is 10.9 Å². The monoisotopic (exact) mass is 308 g/mol. The van der Waals surface area contributed by atoms with Crippen LogP contribution in [-0.4, -0.2) is 19.3 Å². The summed E-state index contributed by atoms with van der Waals surface area (Å²) < 4.78 is 4.06. The van der Waals surface area contributed by atoms with Gasteiger partial charge in [0.05, 0.1) is 16.9 Å². The van der Waals surface area contributed by atoms with Crippen LogP contribution in [0.3, 0.4) is 0 Å². The summed E-state index contributed by atoms with van der Waals surface area (Å²) in [6.45, 7) is 1.72. The number of benzene rings is 1. The van der Waals surface area contributed by atoms with Gasteiger partial charge in [-0.15, -0.1) is 11.6 Å². The van der Waals surface area contributed by atoms with Gasteiger partial charge in [0, 0.05) is 30.5 Å². The molecule has 0 bridgehead atoms. The zero-order chi connectivity index (χ0) is 13.9. The van der Waals surface area contributed by atoms with E-state index < -0.39 is 0 Å². The second-order valence-corrected chi connectivity index (χ2v) is 5.27. The summed E-state index contributed by atoms with van der Waals surface area (Å²) in [5.74, 6) is 1.28. The van der Waals surface area contributed by atoms with E-state index in [1.54, 1.807) is 6.20 Å². The van der Waals surface area contributed by atoms with E-state index in [1.807, 2.05) is 35.1 Å². The highest BCUT2D eigenvalue weighted by atomic mass is 35.5. The van der Waals surface area contributed by atoms with Gasteiger partial charge in [-0.3, -0.25) is 4.68 Å². The molecule has 0 radical (unpaired) electrons. The smallest absolute Gasteiger partial charge is 0.124 e. The first-order valence-corrected chi connectivity index (χ1v) is 7.37. The van der Waals surface area contributed by atoms with Crippen LogP contribution in [0.2, 0.25) is 5.02 Å². The van der Waals surface area contributed by atoms with Crippen molar-refractivity contribution in [2.24, 2.45) is 0 Å². The molecule has 1 aromatic carbocycles. The quantitative estimate of drug-likeness (QED) is 0.673. The van der Waals surface area contributed by atoms with Gasteiger partial charge in [0.15, 0.2) is 0 Å². The first kappa shape index (κ1) is 13.5. The second kappa shape index (κ2) is 5.85. The van der Waals surface area contributed by atoms with E-state index in [9.17, 15) is 0 Å². The molecule has 3 aromatic rings. The molecule has 0 atom stereocenters. The third kappa shape index (κ3) is 2.67. The van der Waals surface area contributed by atoms with E-state index in [2.05, 4.69) is 14.6 Å². The lowest BCUT2D eigenvalue weighted by molar-refractivity contribution is 0.526. The van der Waals surface area contributed by atoms with E-state index in [-0.39, 0.29) is 0 Å². The number of nitrogens with zero attached hydrogens (tertiary/aromatic N) is 4. The molecule has 0 saturated carbocycles. The highest BCUT2D eigenvalue weighted by Crippen LogP contribution is 2.22. The lowest BCUT2D eigenvalue weighted by Gasteiger charge is -2.08. The molecule has 2 heterocycles. The van der Waals surface area contributed by atoms with Crippen LogP contribution in [0.5, 0.6) is 0 Å². The molecule has 0 aliphatic rings. The van der Waals surface area contributed by atoms with Crippen molar-refractivity contribution in [1.82, 2.24) is 19.3 Å². The number of imidazole rings is 1. The van der Waals surface area contributed by atoms with Crippen LogP contribution in [0.25, 0.3) is 11.0 Å². The third-order valence-electron chi connectivity index (χ3n) is 3.24. The molecule has 0 fully saturated rings. The first-order chi connectivity index (χ1) is 9.78. The van der Waals surface area contributed by atoms with Crippen LogP contribution in [0.4, 0.5) is 0 Å². The Kier molecular flexibility index (Phi) is 3.94. The standard InChI is InChI=1S/C14H14Cl2N4/c15-10-14-18-12-4-3-11(16)9-13(12)20(14)8-2-7-19-6-1-5-17-19/h1,3-6,9H,2,7-8,10H2. The largest absolute Gasteiger partial charge is 0.327 e. The SMILES string of the molecule is ClCc1nc2ccc(Cl)cc2n1CCCn1cccn1. The van der Waals surface area contributed by atoms with Crippen LogP contribution in [0, 0.1) is 0 Å². The number of halogens is 2. The Morgan fingerprint density at radius 1 is 1.20 bits per heavy atom. The van der Waals surface area contributed by atoms with Crippen molar-refractivity contribution < 1.29 is 0 Å². The van der Waals surface area contributed by atoms with Crippen molar-refractivity contribution in [3.8, 4) is 0 Å². The number of rotatable bonds is 5. The number of aromatic nitrogens is 4. The summed E-state index contributed by atoms with van der Waals surface area (Å²) in [5.41, 5.74) is 1.97. The van der Waals surface area contributed by atoms with Gasteiger partial charge in [-0.2, -0.15) is 5.10 Å². The summed E-state index contributed by atoms with van der Waals surface area (Å²) >= 11 is 12.1. The molecule has 3 rings (SSSR count). The Hall–Kier alpha value is -1.52. The van der Waals surface area contributed by atoms with Gasteiger partial charge in [-0.1, -0.05) is 11.6 Å². The molecule has 0 aliphatic carbocycles. The Morgan fingerprint density at radius 3 is 2.85 bits per heavy atom. The third-order valence-corrected chi connectivity index (χ3v) is 3.71. The molecular weight excluding hydrogens is 295 g/mol. The van der Waals surface area contributed by atoms with E-state index in [1.165, 1.54) is 0 Å². The number of alkyl halides is 1. The van der Waals surface area contributed by atoms with E-state index >= 15 is 0 Å². The predicted molar refractivity (Wildman–Crippen MR) is 81.1 cm³/mol. The van der Waals surface area contributed by atoms with Gasteiger partial charge in [-0.25, -0.2) is 4.98 Å². The molecule has 6 heteroatoms. The predicted octanol–water partition coefficient (Wildman–Crippen LogP) is 3.72. The lowest BCUT2D eigenvalue weighted by atomic mass is 10.3. The van der Waals surface area contributed by atoms with Gasteiger partial charge >= 0.3 is 0 Å². The summed E-state index contributed by atoms with van der Waals surface area (Å²) in [4.78, 5) is 4.54. The van der Waals surface area contributed by atoms with Crippen molar-refractivity contribution in [2.45, 2.75) is 25.4 Å². The molecule has 0 N–H and O–H groups in total. The topological polar surface area (TPSA) is 35.6 Å². The molecule has 0 saturated heterocycles. The van der Waals surface area contributed by atoms with Crippen molar-refractivity contribution in [3.63, 3.8) is 0 Å². The lowest BCUT2D eigenvalue weighted by Crippen LogP contribution is -2.06. The fourth-order valence-corrected chi connectivity index (χ4v) is 2.69. The average Bonchev–Trinajstić information content (AvgIpc) is 3.07. The summed E-state index contributed by atoms with van der Waals surface area (Å²) in [5, 5.41) is 4.91. The molecule has 0 amide bonds. The number of hydrogen-bond donors (Lipinski definition) is 0. The molecule has 20 heavy (non-hydrogen) atoms. The van der Waals surface area contributed by atoms with Crippen molar-refractivity contribution in [1.29, 1.82) is 0 Å². The molecule has 0 aliphatic heterocycles. The maximum atomic E-state index is 6.07. The summed E-state index contributed by atoms with van der Waals surface area (Å²) in [6, 6.07) is 7.64. The summed E-state index contributed by atoms with van der Waals surface area (Å²) in [6.07, 6.45) is 4.71. The summed E-state index contributed by atoms with van der Waals surface area (Å²) in [7, 11) is 0. The Morgan fingerprint density at radius 2 is 2.10 bits per heavy atom. The number of fused-ring (bicyclic) bond motifs is 1. The molecule has 104 valence electrons. The number of hydrogen-bond acceptors (Lipinski definition) is 2. The first-order valence-electron chi connectivity index (χ1n) is 6.46. The Bertz CT molecular complexity index is 703. The van der Waals surface area contributed by atoms with Crippen LogP contribution < -0.4 is 0 Å². The van der Waals surface area contributed by atoms with Crippen molar-refractivity contribution >= 4 is 34.2 Å². The van der Waals surface area contributed by atoms with Crippen LogP contribution in [0.1, 0.15) is 12.2 Å². The zero-order valence-corrected chi connectivity index (χ0v) is 12.3. The van der Waals surface area contributed by atoms with Gasteiger partial charge < -0.3 is 4.57 Å². The minimum atomic E-state index is 0.397.